The van der Waals surface area contributed by atoms with E-state index in [9.17, 15) is 4.79 Å². The summed E-state index contributed by atoms with van der Waals surface area (Å²) in [6.45, 7) is 5.88. The molecular formula is C19H22N6OS. The Balaban J connectivity index is 1.56. The molecule has 0 spiro atoms. The molecule has 1 amide bonds. The van der Waals surface area contributed by atoms with Gasteiger partial charge in [0.25, 0.3) is 5.91 Å². The standard InChI is InChI=1S/C19H22N6OS/c1-13(2)25(15-8-9-20-10-15)19(26)16-11-27-18(22-16)17-21-12-24(23-17)14-6-4-3-5-7-14/h3-7,11-13,15,20H,8-10H2,1-2H3/t15-/m0/s1. The average molecular weight is 382 g/mol. The molecule has 0 radical (unpaired) electrons. The van der Waals surface area contributed by atoms with Crippen LogP contribution in [0.25, 0.3) is 16.5 Å². The second-order valence-electron chi connectivity index (χ2n) is 6.84. The van der Waals surface area contributed by atoms with Gasteiger partial charge < -0.3 is 10.2 Å². The van der Waals surface area contributed by atoms with Crippen molar-refractivity contribution in [3.63, 3.8) is 0 Å². The maximum atomic E-state index is 13.0. The van der Waals surface area contributed by atoms with Crippen molar-refractivity contribution in [2.45, 2.75) is 32.4 Å². The molecular weight excluding hydrogens is 360 g/mol. The highest BCUT2D eigenvalue weighted by atomic mass is 32.1. The maximum absolute atomic E-state index is 13.0. The second-order valence-corrected chi connectivity index (χ2v) is 7.70. The summed E-state index contributed by atoms with van der Waals surface area (Å²) in [6.07, 6.45) is 2.64. The Morgan fingerprint density at radius 3 is 2.85 bits per heavy atom. The van der Waals surface area contributed by atoms with Crippen LogP contribution in [0.5, 0.6) is 0 Å². The van der Waals surface area contributed by atoms with Gasteiger partial charge in [-0.1, -0.05) is 18.2 Å². The first kappa shape index (κ1) is 17.8. The molecule has 1 aliphatic rings. The largest absolute Gasteiger partial charge is 0.331 e. The van der Waals surface area contributed by atoms with Crippen molar-refractivity contribution in [3.05, 3.63) is 47.7 Å². The first-order valence-electron chi connectivity index (χ1n) is 9.10. The Bertz CT molecular complexity index is 913. The molecule has 1 atom stereocenters. The van der Waals surface area contributed by atoms with Gasteiger partial charge in [0.1, 0.15) is 12.0 Å². The molecule has 0 saturated carbocycles. The zero-order valence-electron chi connectivity index (χ0n) is 15.4. The Morgan fingerprint density at radius 2 is 2.15 bits per heavy atom. The van der Waals surface area contributed by atoms with Gasteiger partial charge in [-0.2, -0.15) is 0 Å². The number of para-hydroxylation sites is 1. The fraction of sp³-hybridized carbons (Fsp3) is 0.368. The first-order chi connectivity index (χ1) is 13.1. The van der Waals surface area contributed by atoms with Crippen LogP contribution in [0.15, 0.2) is 42.0 Å². The molecule has 1 aromatic carbocycles. The van der Waals surface area contributed by atoms with Crippen LogP contribution >= 0.6 is 11.3 Å². The number of benzene rings is 1. The minimum Gasteiger partial charge on any atom is -0.331 e. The summed E-state index contributed by atoms with van der Waals surface area (Å²) in [5.41, 5.74) is 1.40. The molecule has 2 aromatic heterocycles. The van der Waals surface area contributed by atoms with E-state index in [0.717, 1.165) is 25.2 Å². The van der Waals surface area contributed by atoms with E-state index in [1.54, 1.807) is 16.4 Å². The minimum absolute atomic E-state index is 0.0244. The first-order valence-corrected chi connectivity index (χ1v) is 9.98. The van der Waals surface area contributed by atoms with E-state index in [0.29, 0.717) is 16.5 Å². The van der Waals surface area contributed by atoms with Crippen molar-refractivity contribution in [2.75, 3.05) is 13.1 Å². The molecule has 1 aliphatic heterocycles. The SMILES string of the molecule is CC(C)N(C(=O)c1csc(-c2ncn(-c3ccccc3)n2)n1)[C@H]1CCNC1. The predicted octanol–water partition coefficient (Wildman–Crippen LogP) is 2.60. The van der Waals surface area contributed by atoms with E-state index in [4.69, 9.17) is 0 Å². The molecule has 1 saturated heterocycles. The van der Waals surface area contributed by atoms with Crippen molar-refractivity contribution in [1.82, 2.24) is 30.0 Å². The van der Waals surface area contributed by atoms with E-state index >= 15 is 0 Å². The van der Waals surface area contributed by atoms with E-state index < -0.39 is 0 Å². The van der Waals surface area contributed by atoms with Gasteiger partial charge in [0.05, 0.1) is 5.69 Å². The number of nitrogens with one attached hydrogen (secondary N) is 1. The lowest BCUT2D eigenvalue weighted by atomic mass is 10.1. The number of hydrogen-bond acceptors (Lipinski definition) is 6. The van der Waals surface area contributed by atoms with Gasteiger partial charge in [-0.3, -0.25) is 4.79 Å². The van der Waals surface area contributed by atoms with Crippen LogP contribution in [0.4, 0.5) is 0 Å². The van der Waals surface area contributed by atoms with Crippen molar-refractivity contribution < 1.29 is 4.79 Å². The van der Waals surface area contributed by atoms with Gasteiger partial charge in [-0.15, -0.1) is 16.4 Å². The number of aromatic nitrogens is 4. The topological polar surface area (TPSA) is 75.9 Å². The lowest BCUT2D eigenvalue weighted by molar-refractivity contribution is 0.0621. The quantitative estimate of drug-likeness (QED) is 0.734. The molecule has 3 aromatic rings. The van der Waals surface area contributed by atoms with Gasteiger partial charge in [-0.05, 0) is 38.9 Å². The van der Waals surface area contributed by atoms with Crippen molar-refractivity contribution in [2.24, 2.45) is 0 Å². The monoisotopic (exact) mass is 382 g/mol. The van der Waals surface area contributed by atoms with Gasteiger partial charge in [-0.25, -0.2) is 14.6 Å². The minimum atomic E-state index is -0.0244. The van der Waals surface area contributed by atoms with Crippen LogP contribution in [-0.2, 0) is 0 Å². The zero-order valence-corrected chi connectivity index (χ0v) is 16.2. The van der Waals surface area contributed by atoms with E-state index in [-0.39, 0.29) is 18.0 Å². The number of hydrogen-bond donors (Lipinski definition) is 1. The summed E-state index contributed by atoms with van der Waals surface area (Å²) in [5.74, 6) is 0.505. The molecule has 8 heteroatoms. The van der Waals surface area contributed by atoms with Crippen LogP contribution in [0.3, 0.4) is 0 Å². The highest BCUT2D eigenvalue weighted by Crippen LogP contribution is 2.23. The molecule has 140 valence electrons. The molecule has 0 aliphatic carbocycles. The molecule has 27 heavy (non-hydrogen) atoms. The lowest BCUT2D eigenvalue weighted by Crippen LogP contribution is -2.46. The van der Waals surface area contributed by atoms with E-state index in [1.807, 2.05) is 49.1 Å². The molecule has 0 bridgehead atoms. The number of carbonyl (C=O) groups is 1. The van der Waals surface area contributed by atoms with Crippen LogP contribution in [0.1, 0.15) is 30.8 Å². The molecule has 1 fully saturated rings. The third kappa shape index (κ3) is 3.63. The molecule has 3 heterocycles. The fourth-order valence-corrected chi connectivity index (χ4v) is 4.10. The van der Waals surface area contributed by atoms with Crippen molar-refractivity contribution in [1.29, 1.82) is 0 Å². The molecule has 4 rings (SSSR count). The van der Waals surface area contributed by atoms with E-state index in [2.05, 4.69) is 20.4 Å². The number of carbonyl (C=O) groups excluding carboxylic acids is 1. The number of nitrogens with zero attached hydrogens (tertiary/aromatic N) is 5. The van der Waals surface area contributed by atoms with Gasteiger partial charge in [0.15, 0.2) is 5.01 Å². The van der Waals surface area contributed by atoms with Crippen LogP contribution in [-0.4, -0.2) is 55.7 Å². The van der Waals surface area contributed by atoms with Gasteiger partial charge >= 0.3 is 0 Å². The summed E-state index contributed by atoms with van der Waals surface area (Å²) in [5, 5.41) is 10.3. The van der Waals surface area contributed by atoms with Crippen molar-refractivity contribution in [3.8, 4) is 16.5 Å². The van der Waals surface area contributed by atoms with Gasteiger partial charge in [0, 0.05) is 24.0 Å². The molecule has 0 unspecified atom stereocenters. The summed E-state index contributed by atoms with van der Waals surface area (Å²) in [4.78, 5) is 23.9. The highest BCUT2D eigenvalue weighted by Gasteiger charge is 2.30. The molecule has 7 nitrogen and oxygen atoms in total. The Morgan fingerprint density at radius 1 is 1.33 bits per heavy atom. The summed E-state index contributed by atoms with van der Waals surface area (Å²) >= 11 is 1.40. The van der Waals surface area contributed by atoms with Gasteiger partial charge in [0.2, 0.25) is 5.82 Å². The highest BCUT2D eigenvalue weighted by molar-refractivity contribution is 7.13. The number of amides is 1. The lowest BCUT2D eigenvalue weighted by Gasteiger charge is -2.31. The maximum Gasteiger partial charge on any atom is 0.273 e. The Hall–Kier alpha value is -2.58. The Kier molecular flexibility index (Phi) is 5.00. The normalized spacial score (nSPS) is 16.8. The second kappa shape index (κ2) is 7.58. The number of rotatable bonds is 5. The zero-order chi connectivity index (χ0) is 18.8. The van der Waals surface area contributed by atoms with E-state index in [1.165, 1.54) is 11.3 Å². The summed E-state index contributed by atoms with van der Waals surface area (Å²) in [6, 6.07) is 10.1. The third-order valence-electron chi connectivity index (χ3n) is 4.65. The van der Waals surface area contributed by atoms with Crippen LogP contribution < -0.4 is 5.32 Å². The molecule has 1 N–H and O–H groups in total. The van der Waals surface area contributed by atoms with Crippen LogP contribution in [0, 0.1) is 0 Å². The number of thiazole rings is 1. The summed E-state index contributed by atoms with van der Waals surface area (Å²) in [7, 11) is 0. The summed E-state index contributed by atoms with van der Waals surface area (Å²) < 4.78 is 1.71. The fourth-order valence-electron chi connectivity index (χ4n) is 3.37. The predicted molar refractivity (Wildman–Crippen MR) is 105 cm³/mol. The smallest absolute Gasteiger partial charge is 0.273 e. The third-order valence-corrected chi connectivity index (χ3v) is 5.48. The van der Waals surface area contributed by atoms with Crippen LogP contribution in [0.2, 0.25) is 0 Å². The average Bonchev–Trinajstić information content (AvgIpc) is 3.42. The Labute approximate surface area is 162 Å². The van der Waals surface area contributed by atoms with Crippen molar-refractivity contribution >= 4 is 17.2 Å².